The average Bonchev–Trinajstić information content (AvgIpc) is 3.06. The summed E-state index contributed by atoms with van der Waals surface area (Å²) in [6.07, 6.45) is 3.82. The number of carbonyl (C=O) groups is 1. The molecular weight excluding hydrogens is 282 g/mol. The zero-order valence-electron chi connectivity index (χ0n) is 13.0. The molecule has 0 aliphatic carbocycles. The van der Waals surface area contributed by atoms with E-state index >= 15 is 0 Å². The predicted octanol–water partition coefficient (Wildman–Crippen LogP) is 1.17. The second-order valence-electron chi connectivity index (χ2n) is 6.87. The first kappa shape index (κ1) is 14.2. The molecule has 3 aliphatic rings. The molecule has 22 heavy (non-hydrogen) atoms. The Labute approximate surface area is 130 Å². The van der Waals surface area contributed by atoms with Gasteiger partial charge in [-0.3, -0.25) is 4.79 Å². The van der Waals surface area contributed by atoms with E-state index in [-0.39, 0.29) is 5.91 Å². The van der Waals surface area contributed by atoms with Crippen LogP contribution in [0, 0.1) is 18.8 Å². The number of hydrogen-bond acceptors (Lipinski definition) is 5. The van der Waals surface area contributed by atoms with E-state index in [1.54, 1.807) is 0 Å². The molecule has 2 atom stereocenters. The Hall–Kier alpha value is -1.40. The lowest BCUT2D eigenvalue weighted by atomic mass is 9.91. The number of nitrogens with zero attached hydrogens (tertiary/aromatic N) is 3. The van der Waals surface area contributed by atoms with E-state index in [1.807, 2.05) is 11.8 Å². The summed E-state index contributed by atoms with van der Waals surface area (Å²) >= 11 is 0. The first-order valence-electron chi connectivity index (χ1n) is 8.24. The third-order valence-electron chi connectivity index (χ3n) is 5.41. The van der Waals surface area contributed by atoms with Crippen LogP contribution in [0.1, 0.15) is 28.9 Å². The number of rotatable bonds is 3. The fourth-order valence-electron chi connectivity index (χ4n) is 4.05. The lowest BCUT2D eigenvalue weighted by Gasteiger charge is -2.43. The van der Waals surface area contributed by atoms with E-state index in [4.69, 9.17) is 9.26 Å². The predicted molar refractivity (Wildman–Crippen MR) is 79.5 cm³/mol. The number of fused-ring (bicyclic) bond motifs is 1. The van der Waals surface area contributed by atoms with Crippen LogP contribution in [0.25, 0.3) is 0 Å². The molecule has 6 heteroatoms. The first-order chi connectivity index (χ1) is 10.7. The van der Waals surface area contributed by atoms with E-state index in [0.29, 0.717) is 23.2 Å². The van der Waals surface area contributed by atoms with Crippen LogP contribution in [0.4, 0.5) is 0 Å². The Bertz CT molecular complexity index is 553. The fourth-order valence-corrected chi connectivity index (χ4v) is 4.05. The molecule has 1 aromatic heterocycles. The summed E-state index contributed by atoms with van der Waals surface area (Å²) in [7, 11) is 0. The van der Waals surface area contributed by atoms with Crippen LogP contribution in [0.3, 0.4) is 0 Å². The van der Waals surface area contributed by atoms with Crippen molar-refractivity contribution in [3.8, 4) is 0 Å². The summed E-state index contributed by atoms with van der Waals surface area (Å²) in [5.74, 6) is 1.48. The molecule has 1 aromatic rings. The quantitative estimate of drug-likeness (QED) is 0.839. The van der Waals surface area contributed by atoms with Crippen molar-refractivity contribution in [2.75, 3.05) is 39.4 Å². The van der Waals surface area contributed by atoms with E-state index in [9.17, 15) is 4.79 Å². The Kier molecular flexibility index (Phi) is 3.66. The standard InChI is InChI=1S/C16H23N3O3/c1-11-14(10-22-17-11)16(20)19-8-13-7-18(9-15(13)19)6-12-2-4-21-5-3-12/h10,12-13,15H,2-9H2,1H3/t13-,15-/m0/s1. The van der Waals surface area contributed by atoms with Crippen LogP contribution in [-0.2, 0) is 4.74 Å². The Morgan fingerprint density at radius 3 is 2.86 bits per heavy atom. The molecule has 0 unspecified atom stereocenters. The number of aryl methyl sites for hydroxylation is 1. The van der Waals surface area contributed by atoms with Gasteiger partial charge in [-0.25, -0.2) is 0 Å². The van der Waals surface area contributed by atoms with E-state index < -0.39 is 0 Å². The SMILES string of the molecule is Cc1nocc1C(=O)N1C[C@@H]2CN(CC3CCOCC3)C[C@@H]21. The maximum atomic E-state index is 12.5. The number of hydrogen-bond donors (Lipinski definition) is 0. The minimum atomic E-state index is 0.0768. The van der Waals surface area contributed by atoms with Gasteiger partial charge in [0.05, 0.1) is 11.7 Å². The maximum absolute atomic E-state index is 12.5. The average molecular weight is 305 g/mol. The van der Waals surface area contributed by atoms with Gasteiger partial charge in [-0.15, -0.1) is 0 Å². The molecule has 0 saturated carbocycles. The fraction of sp³-hybridized carbons (Fsp3) is 0.750. The highest BCUT2D eigenvalue weighted by molar-refractivity contribution is 5.95. The van der Waals surface area contributed by atoms with Crippen LogP contribution < -0.4 is 0 Å². The smallest absolute Gasteiger partial charge is 0.259 e. The third kappa shape index (κ3) is 2.44. The van der Waals surface area contributed by atoms with Crippen LogP contribution in [-0.4, -0.2) is 66.3 Å². The first-order valence-corrected chi connectivity index (χ1v) is 8.24. The van der Waals surface area contributed by atoms with Gasteiger partial charge in [0.15, 0.2) is 0 Å². The van der Waals surface area contributed by atoms with E-state index in [1.165, 1.54) is 19.1 Å². The maximum Gasteiger partial charge on any atom is 0.259 e. The Balaban J connectivity index is 1.35. The molecule has 4 heterocycles. The van der Waals surface area contributed by atoms with Crippen LogP contribution >= 0.6 is 0 Å². The minimum absolute atomic E-state index is 0.0768. The highest BCUT2D eigenvalue weighted by atomic mass is 16.5. The number of aromatic nitrogens is 1. The van der Waals surface area contributed by atoms with Crippen molar-refractivity contribution in [2.24, 2.45) is 11.8 Å². The molecule has 4 rings (SSSR count). The van der Waals surface area contributed by atoms with Gasteiger partial charge in [-0.2, -0.15) is 0 Å². The highest BCUT2D eigenvalue weighted by Crippen LogP contribution is 2.34. The van der Waals surface area contributed by atoms with Crippen molar-refractivity contribution in [3.63, 3.8) is 0 Å². The van der Waals surface area contributed by atoms with Crippen LogP contribution in [0.15, 0.2) is 10.8 Å². The number of likely N-dealkylation sites (tertiary alicyclic amines) is 2. The van der Waals surface area contributed by atoms with Crippen molar-refractivity contribution in [2.45, 2.75) is 25.8 Å². The lowest BCUT2D eigenvalue weighted by Crippen LogP contribution is -2.58. The zero-order valence-corrected chi connectivity index (χ0v) is 13.0. The molecule has 0 N–H and O–H groups in total. The second-order valence-corrected chi connectivity index (χ2v) is 6.87. The van der Waals surface area contributed by atoms with Gasteiger partial charge in [-0.05, 0) is 25.7 Å². The zero-order chi connectivity index (χ0) is 15.1. The van der Waals surface area contributed by atoms with Gasteiger partial charge in [0.1, 0.15) is 11.8 Å². The van der Waals surface area contributed by atoms with Gasteiger partial charge >= 0.3 is 0 Å². The van der Waals surface area contributed by atoms with Gasteiger partial charge in [0.2, 0.25) is 0 Å². The minimum Gasteiger partial charge on any atom is -0.381 e. The van der Waals surface area contributed by atoms with Gasteiger partial charge in [0.25, 0.3) is 5.91 Å². The molecule has 120 valence electrons. The molecule has 0 spiro atoms. The van der Waals surface area contributed by atoms with E-state index in [0.717, 1.165) is 45.3 Å². The number of amides is 1. The summed E-state index contributed by atoms with van der Waals surface area (Å²) in [5.41, 5.74) is 1.30. The van der Waals surface area contributed by atoms with Crippen LogP contribution in [0.2, 0.25) is 0 Å². The Morgan fingerprint density at radius 1 is 1.32 bits per heavy atom. The topological polar surface area (TPSA) is 58.8 Å². The van der Waals surface area contributed by atoms with E-state index in [2.05, 4.69) is 10.1 Å². The van der Waals surface area contributed by atoms with Crippen molar-refractivity contribution >= 4 is 5.91 Å². The number of ether oxygens (including phenoxy) is 1. The summed E-state index contributed by atoms with van der Waals surface area (Å²) in [6, 6.07) is 0.377. The monoisotopic (exact) mass is 305 g/mol. The van der Waals surface area contributed by atoms with Crippen molar-refractivity contribution in [3.05, 3.63) is 17.5 Å². The lowest BCUT2D eigenvalue weighted by molar-refractivity contribution is 0.0324. The van der Waals surface area contributed by atoms with Gasteiger partial charge in [-0.1, -0.05) is 5.16 Å². The Morgan fingerprint density at radius 2 is 2.14 bits per heavy atom. The molecule has 0 bridgehead atoms. The number of carbonyl (C=O) groups excluding carboxylic acids is 1. The molecule has 6 nitrogen and oxygen atoms in total. The second kappa shape index (κ2) is 5.66. The van der Waals surface area contributed by atoms with Crippen molar-refractivity contribution in [1.29, 1.82) is 0 Å². The molecule has 3 aliphatic heterocycles. The summed E-state index contributed by atoms with van der Waals surface area (Å²) < 4.78 is 10.3. The molecule has 3 fully saturated rings. The highest BCUT2D eigenvalue weighted by Gasteiger charge is 2.48. The van der Waals surface area contributed by atoms with Gasteiger partial charge < -0.3 is 19.1 Å². The molecule has 0 aromatic carbocycles. The normalized spacial score (nSPS) is 29.4. The molecule has 3 saturated heterocycles. The summed E-state index contributed by atoms with van der Waals surface area (Å²) in [4.78, 5) is 17.1. The summed E-state index contributed by atoms with van der Waals surface area (Å²) in [5, 5.41) is 3.81. The molecule has 1 amide bonds. The van der Waals surface area contributed by atoms with Crippen molar-refractivity contribution < 1.29 is 14.1 Å². The third-order valence-corrected chi connectivity index (χ3v) is 5.41. The molecule has 0 radical (unpaired) electrons. The summed E-state index contributed by atoms with van der Waals surface area (Å²) in [6.45, 7) is 7.81. The van der Waals surface area contributed by atoms with Gasteiger partial charge in [0, 0.05) is 45.3 Å². The molecular formula is C16H23N3O3. The largest absolute Gasteiger partial charge is 0.381 e. The van der Waals surface area contributed by atoms with Crippen molar-refractivity contribution in [1.82, 2.24) is 15.0 Å². The van der Waals surface area contributed by atoms with Crippen LogP contribution in [0.5, 0.6) is 0 Å².